The van der Waals surface area contributed by atoms with Crippen LogP contribution in [0.2, 0.25) is 0 Å². The number of aromatic nitrogens is 2. The number of nitrogens with zero attached hydrogens (tertiary/aromatic N) is 3. The van der Waals surface area contributed by atoms with Gasteiger partial charge in [0.2, 0.25) is 0 Å². The summed E-state index contributed by atoms with van der Waals surface area (Å²) in [5.74, 6) is 0.104. The van der Waals surface area contributed by atoms with E-state index < -0.39 is 0 Å². The molecule has 0 bridgehead atoms. The maximum absolute atomic E-state index is 12.5. The predicted octanol–water partition coefficient (Wildman–Crippen LogP) is 1.34. The molecule has 0 aliphatic heterocycles. The van der Waals surface area contributed by atoms with E-state index in [1.165, 1.54) is 12.4 Å². The van der Waals surface area contributed by atoms with Crippen molar-refractivity contribution < 1.29 is 9.53 Å². The minimum Gasteiger partial charge on any atom is -0.383 e. The predicted molar refractivity (Wildman–Crippen MR) is 73.7 cm³/mol. The number of hydrogen-bond donors (Lipinski definition) is 1. The first kappa shape index (κ1) is 15.4. The Bertz CT molecular complexity index is 407. The molecule has 1 heterocycles. The molecule has 2 N–H and O–H groups in total. The second-order valence-corrected chi connectivity index (χ2v) is 4.29. The Morgan fingerprint density at radius 3 is 2.63 bits per heavy atom. The van der Waals surface area contributed by atoms with E-state index in [1.807, 2.05) is 0 Å². The maximum Gasteiger partial charge on any atom is 0.274 e. The van der Waals surface area contributed by atoms with Crippen LogP contribution in [0.5, 0.6) is 0 Å². The first-order valence-corrected chi connectivity index (χ1v) is 6.51. The first-order valence-electron chi connectivity index (χ1n) is 6.51. The van der Waals surface area contributed by atoms with Crippen LogP contribution in [-0.4, -0.2) is 47.1 Å². The third-order valence-electron chi connectivity index (χ3n) is 3.05. The molecule has 0 aliphatic carbocycles. The zero-order valence-electron chi connectivity index (χ0n) is 11.8. The Morgan fingerprint density at radius 1 is 1.42 bits per heavy atom. The van der Waals surface area contributed by atoms with E-state index >= 15 is 0 Å². The highest BCUT2D eigenvalue weighted by Crippen LogP contribution is 2.12. The molecule has 0 saturated carbocycles. The van der Waals surface area contributed by atoms with Gasteiger partial charge in [-0.3, -0.25) is 9.78 Å². The maximum atomic E-state index is 12.5. The quantitative estimate of drug-likeness (QED) is 0.805. The molecular weight excluding hydrogens is 244 g/mol. The zero-order valence-corrected chi connectivity index (χ0v) is 11.8. The Hall–Kier alpha value is -1.69. The van der Waals surface area contributed by atoms with Crippen LogP contribution in [0.25, 0.3) is 0 Å². The van der Waals surface area contributed by atoms with Crippen molar-refractivity contribution in [2.24, 2.45) is 0 Å². The van der Waals surface area contributed by atoms with Gasteiger partial charge in [-0.15, -0.1) is 0 Å². The van der Waals surface area contributed by atoms with Gasteiger partial charge in [-0.1, -0.05) is 13.8 Å². The summed E-state index contributed by atoms with van der Waals surface area (Å²) < 4.78 is 5.07. The fourth-order valence-electron chi connectivity index (χ4n) is 2.00. The van der Waals surface area contributed by atoms with Crippen LogP contribution in [0.1, 0.15) is 37.2 Å². The average molecular weight is 266 g/mol. The summed E-state index contributed by atoms with van der Waals surface area (Å²) in [7, 11) is 1.62. The highest BCUT2D eigenvalue weighted by molar-refractivity contribution is 5.92. The van der Waals surface area contributed by atoms with Crippen molar-refractivity contribution in [3.8, 4) is 0 Å². The molecule has 1 aromatic heterocycles. The highest BCUT2D eigenvalue weighted by Gasteiger charge is 2.23. The van der Waals surface area contributed by atoms with Crippen molar-refractivity contribution in [3.05, 3.63) is 18.1 Å². The van der Waals surface area contributed by atoms with E-state index in [0.717, 1.165) is 12.8 Å². The smallest absolute Gasteiger partial charge is 0.274 e. The second kappa shape index (κ2) is 7.68. The summed E-state index contributed by atoms with van der Waals surface area (Å²) in [6.07, 6.45) is 4.65. The molecule has 1 amide bonds. The molecule has 0 atom stereocenters. The van der Waals surface area contributed by atoms with Crippen molar-refractivity contribution in [2.75, 3.05) is 26.0 Å². The Balaban J connectivity index is 2.92. The lowest BCUT2D eigenvalue weighted by atomic mass is 10.1. The number of anilines is 1. The number of rotatable bonds is 7. The molecule has 1 rings (SSSR count). The fourth-order valence-corrected chi connectivity index (χ4v) is 2.00. The van der Waals surface area contributed by atoms with Crippen LogP contribution in [0.15, 0.2) is 12.4 Å². The number of ether oxygens (including phenoxy) is 1. The second-order valence-electron chi connectivity index (χ2n) is 4.29. The standard InChI is InChI=1S/C13H22N4O2/c1-4-10(5-2)17(6-7-19-3)13(18)11-8-15-9-12(14)16-11/h8-10H,4-7H2,1-3H3,(H2,14,16). The molecule has 106 valence electrons. The third-order valence-corrected chi connectivity index (χ3v) is 3.05. The average Bonchev–Trinajstić information content (AvgIpc) is 2.43. The SMILES string of the molecule is CCC(CC)N(CCOC)C(=O)c1cncc(N)n1. The molecule has 0 unspecified atom stereocenters. The molecule has 6 heteroatoms. The zero-order chi connectivity index (χ0) is 14.3. The van der Waals surface area contributed by atoms with E-state index in [-0.39, 0.29) is 23.5 Å². The van der Waals surface area contributed by atoms with Gasteiger partial charge in [-0.2, -0.15) is 0 Å². The van der Waals surface area contributed by atoms with Crippen molar-refractivity contribution >= 4 is 11.7 Å². The van der Waals surface area contributed by atoms with Crippen molar-refractivity contribution in [1.82, 2.24) is 14.9 Å². The summed E-state index contributed by atoms with van der Waals surface area (Å²) in [4.78, 5) is 22.2. The van der Waals surface area contributed by atoms with Crippen LogP contribution >= 0.6 is 0 Å². The number of nitrogens with two attached hydrogens (primary N) is 1. The monoisotopic (exact) mass is 266 g/mol. The number of nitrogen functional groups attached to an aromatic ring is 1. The van der Waals surface area contributed by atoms with Gasteiger partial charge in [0.15, 0.2) is 0 Å². The Labute approximate surface area is 114 Å². The molecule has 1 aromatic rings. The van der Waals surface area contributed by atoms with Crippen LogP contribution in [0, 0.1) is 0 Å². The largest absolute Gasteiger partial charge is 0.383 e. The summed E-state index contributed by atoms with van der Waals surface area (Å²) >= 11 is 0. The van der Waals surface area contributed by atoms with Gasteiger partial charge in [0, 0.05) is 19.7 Å². The Morgan fingerprint density at radius 2 is 2.11 bits per heavy atom. The fraction of sp³-hybridized carbons (Fsp3) is 0.615. The number of hydrogen-bond acceptors (Lipinski definition) is 5. The van der Waals surface area contributed by atoms with Gasteiger partial charge in [0.05, 0.1) is 19.0 Å². The third kappa shape index (κ3) is 4.17. The van der Waals surface area contributed by atoms with Crippen LogP contribution in [0.4, 0.5) is 5.82 Å². The van der Waals surface area contributed by atoms with Crippen LogP contribution in [0.3, 0.4) is 0 Å². The van der Waals surface area contributed by atoms with E-state index in [2.05, 4.69) is 23.8 Å². The normalized spacial score (nSPS) is 10.7. The van der Waals surface area contributed by atoms with Crippen LogP contribution in [-0.2, 0) is 4.74 Å². The van der Waals surface area contributed by atoms with Gasteiger partial charge in [-0.25, -0.2) is 4.98 Å². The summed E-state index contributed by atoms with van der Waals surface area (Å²) in [5, 5.41) is 0. The molecule has 19 heavy (non-hydrogen) atoms. The molecule has 0 radical (unpaired) electrons. The molecule has 0 aliphatic rings. The van der Waals surface area contributed by atoms with Gasteiger partial charge < -0.3 is 15.4 Å². The molecule has 0 saturated heterocycles. The lowest BCUT2D eigenvalue weighted by Crippen LogP contribution is -2.42. The molecule has 0 fully saturated rings. The highest BCUT2D eigenvalue weighted by atomic mass is 16.5. The van der Waals surface area contributed by atoms with Crippen molar-refractivity contribution in [1.29, 1.82) is 0 Å². The molecule has 6 nitrogen and oxygen atoms in total. The minimum absolute atomic E-state index is 0.148. The first-order chi connectivity index (χ1) is 9.13. The van der Waals surface area contributed by atoms with Crippen LogP contribution < -0.4 is 5.73 Å². The number of amides is 1. The molecular formula is C13H22N4O2. The minimum atomic E-state index is -0.148. The van der Waals surface area contributed by atoms with E-state index in [1.54, 1.807) is 12.0 Å². The number of carbonyl (C=O) groups is 1. The number of carbonyl (C=O) groups excluding carboxylic acids is 1. The summed E-state index contributed by atoms with van der Waals surface area (Å²) in [6, 6.07) is 0.172. The van der Waals surface area contributed by atoms with Gasteiger partial charge in [0.25, 0.3) is 5.91 Å². The van der Waals surface area contributed by atoms with E-state index in [0.29, 0.717) is 13.2 Å². The lowest BCUT2D eigenvalue weighted by Gasteiger charge is -2.30. The number of methoxy groups -OCH3 is 1. The molecule has 0 aromatic carbocycles. The summed E-state index contributed by atoms with van der Waals surface area (Å²) in [6.45, 7) is 5.16. The topological polar surface area (TPSA) is 81.3 Å². The van der Waals surface area contributed by atoms with Crippen molar-refractivity contribution in [3.63, 3.8) is 0 Å². The van der Waals surface area contributed by atoms with Crippen molar-refractivity contribution in [2.45, 2.75) is 32.7 Å². The molecule has 0 spiro atoms. The Kier molecular flexibility index (Phi) is 6.21. The van der Waals surface area contributed by atoms with E-state index in [9.17, 15) is 4.79 Å². The van der Waals surface area contributed by atoms with Gasteiger partial charge in [0.1, 0.15) is 11.5 Å². The van der Waals surface area contributed by atoms with E-state index in [4.69, 9.17) is 10.5 Å². The summed E-state index contributed by atoms with van der Waals surface area (Å²) in [5.41, 5.74) is 5.85. The van der Waals surface area contributed by atoms with Gasteiger partial charge >= 0.3 is 0 Å². The van der Waals surface area contributed by atoms with Gasteiger partial charge in [-0.05, 0) is 12.8 Å². The lowest BCUT2D eigenvalue weighted by molar-refractivity contribution is 0.0583.